The topological polar surface area (TPSA) is 79.9 Å². The van der Waals surface area contributed by atoms with Crippen molar-refractivity contribution in [3.8, 4) is 11.5 Å². The molecule has 7 nitrogen and oxygen atoms in total. The number of amides is 3. The number of rotatable bonds is 6. The van der Waals surface area contributed by atoms with Gasteiger partial charge in [-0.05, 0) is 56.5 Å². The van der Waals surface area contributed by atoms with Crippen LogP contribution in [0.15, 0.2) is 42.5 Å². The Morgan fingerprint density at radius 2 is 1.97 bits per heavy atom. The molecule has 1 saturated carbocycles. The lowest BCUT2D eigenvalue weighted by Gasteiger charge is -2.33. The first-order valence-electron chi connectivity index (χ1n) is 11.4. The highest BCUT2D eigenvalue weighted by Crippen LogP contribution is 2.36. The number of carbonyl (C=O) groups excluding carboxylic acids is 2. The summed E-state index contributed by atoms with van der Waals surface area (Å²) >= 11 is 0. The average molecular weight is 438 g/mol. The third kappa shape index (κ3) is 5.33. The Balaban J connectivity index is 1.40. The normalized spacial score (nSPS) is 18.5. The second-order valence-electron chi connectivity index (χ2n) is 8.53. The minimum atomic E-state index is -0.604. The lowest BCUT2D eigenvalue weighted by molar-refractivity contribution is -0.125. The first-order chi connectivity index (χ1) is 15.5. The van der Waals surface area contributed by atoms with Gasteiger partial charge in [0.1, 0.15) is 18.1 Å². The van der Waals surface area contributed by atoms with Crippen LogP contribution in [-0.4, -0.2) is 37.2 Å². The average Bonchev–Trinajstić information content (AvgIpc) is 2.77. The van der Waals surface area contributed by atoms with E-state index in [-0.39, 0.29) is 18.0 Å². The number of fused-ring (bicyclic) bond motifs is 1. The van der Waals surface area contributed by atoms with Crippen molar-refractivity contribution in [3.05, 3.63) is 48.0 Å². The number of benzene rings is 2. The molecule has 2 N–H and O–H groups in total. The van der Waals surface area contributed by atoms with E-state index < -0.39 is 6.10 Å². The van der Waals surface area contributed by atoms with E-state index >= 15 is 0 Å². The van der Waals surface area contributed by atoms with Gasteiger partial charge in [-0.15, -0.1) is 0 Å². The van der Waals surface area contributed by atoms with E-state index in [1.807, 2.05) is 37.3 Å². The molecule has 0 aromatic heterocycles. The molecule has 1 unspecified atom stereocenters. The van der Waals surface area contributed by atoms with Gasteiger partial charge in [-0.25, -0.2) is 4.79 Å². The summed E-state index contributed by atoms with van der Waals surface area (Å²) in [5.41, 5.74) is 2.44. The summed E-state index contributed by atoms with van der Waals surface area (Å²) in [6.45, 7) is 4.51. The van der Waals surface area contributed by atoms with Crippen molar-refractivity contribution in [1.29, 1.82) is 0 Å². The molecular weight excluding hydrogens is 406 g/mol. The maximum atomic E-state index is 12.7. The SMILES string of the molecule is Cc1cccc(OCCN2C(=O)C(C)Oc3cc(NC(=O)NC4CCCCC4)ccc32)c1. The van der Waals surface area contributed by atoms with Crippen LogP contribution in [0.4, 0.5) is 16.2 Å². The van der Waals surface area contributed by atoms with Gasteiger partial charge in [0, 0.05) is 17.8 Å². The second kappa shape index (κ2) is 9.94. The Kier molecular flexibility index (Phi) is 6.83. The predicted molar refractivity (Wildman–Crippen MR) is 125 cm³/mol. The molecule has 2 aromatic rings. The monoisotopic (exact) mass is 437 g/mol. The first kappa shape index (κ1) is 22.0. The Hall–Kier alpha value is -3.22. The Morgan fingerprint density at radius 1 is 1.16 bits per heavy atom. The summed E-state index contributed by atoms with van der Waals surface area (Å²) < 4.78 is 11.7. The smallest absolute Gasteiger partial charge is 0.319 e. The summed E-state index contributed by atoms with van der Waals surface area (Å²) in [6, 6.07) is 13.2. The van der Waals surface area contributed by atoms with Crippen molar-refractivity contribution < 1.29 is 19.1 Å². The Morgan fingerprint density at radius 3 is 2.75 bits per heavy atom. The van der Waals surface area contributed by atoms with Crippen LogP contribution >= 0.6 is 0 Å². The predicted octanol–water partition coefficient (Wildman–Crippen LogP) is 4.64. The van der Waals surface area contributed by atoms with Crippen LogP contribution in [0, 0.1) is 6.92 Å². The molecule has 2 aliphatic rings. The van der Waals surface area contributed by atoms with Crippen molar-refractivity contribution in [2.24, 2.45) is 0 Å². The fourth-order valence-electron chi connectivity index (χ4n) is 4.28. The molecule has 3 amide bonds. The molecule has 0 spiro atoms. The zero-order valence-corrected chi connectivity index (χ0v) is 18.7. The molecule has 4 rings (SSSR count). The number of hydrogen-bond donors (Lipinski definition) is 2. The number of hydrogen-bond acceptors (Lipinski definition) is 4. The molecule has 1 aliphatic carbocycles. The van der Waals surface area contributed by atoms with E-state index in [1.54, 1.807) is 24.0 Å². The molecule has 1 atom stereocenters. The van der Waals surface area contributed by atoms with Crippen LogP contribution < -0.4 is 25.0 Å². The summed E-state index contributed by atoms with van der Waals surface area (Å²) in [5.74, 6) is 1.24. The molecule has 170 valence electrons. The van der Waals surface area contributed by atoms with Gasteiger partial charge in [0.05, 0.1) is 12.2 Å². The van der Waals surface area contributed by atoms with Crippen LogP contribution in [0.25, 0.3) is 0 Å². The number of ether oxygens (including phenoxy) is 2. The number of nitrogens with one attached hydrogen (secondary N) is 2. The number of anilines is 2. The van der Waals surface area contributed by atoms with Gasteiger partial charge in [-0.3, -0.25) is 4.79 Å². The molecule has 2 aromatic carbocycles. The maximum absolute atomic E-state index is 12.7. The molecule has 0 radical (unpaired) electrons. The molecule has 1 heterocycles. The number of urea groups is 1. The summed E-state index contributed by atoms with van der Waals surface area (Å²) in [7, 11) is 0. The van der Waals surface area contributed by atoms with Crippen LogP contribution in [0.2, 0.25) is 0 Å². The Bertz CT molecular complexity index is 971. The highest BCUT2D eigenvalue weighted by atomic mass is 16.5. The summed E-state index contributed by atoms with van der Waals surface area (Å²) in [4.78, 5) is 26.8. The summed E-state index contributed by atoms with van der Waals surface area (Å²) in [5, 5.41) is 5.94. The maximum Gasteiger partial charge on any atom is 0.319 e. The zero-order valence-electron chi connectivity index (χ0n) is 18.7. The van der Waals surface area contributed by atoms with E-state index in [0.29, 0.717) is 30.3 Å². The highest BCUT2D eigenvalue weighted by molar-refractivity contribution is 6.00. The van der Waals surface area contributed by atoms with Gasteiger partial charge in [0.15, 0.2) is 6.10 Å². The second-order valence-corrected chi connectivity index (χ2v) is 8.53. The van der Waals surface area contributed by atoms with Gasteiger partial charge in [0.2, 0.25) is 0 Å². The van der Waals surface area contributed by atoms with Gasteiger partial charge >= 0.3 is 6.03 Å². The van der Waals surface area contributed by atoms with Crippen LogP contribution in [0.1, 0.15) is 44.6 Å². The number of carbonyl (C=O) groups is 2. The fourth-order valence-corrected chi connectivity index (χ4v) is 4.28. The first-order valence-corrected chi connectivity index (χ1v) is 11.4. The largest absolute Gasteiger partial charge is 0.492 e. The van der Waals surface area contributed by atoms with Crippen LogP contribution in [-0.2, 0) is 4.79 Å². The van der Waals surface area contributed by atoms with Crippen molar-refractivity contribution in [2.75, 3.05) is 23.4 Å². The molecule has 1 aliphatic heterocycles. The van der Waals surface area contributed by atoms with Gasteiger partial charge in [-0.2, -0.15) is 0 Å². The quantitative estimate of drug-likeness (QED) is 0.690. The van der Waals surface area contributed by atoms with Crippen LogP contribution in [0.5, 0.6) is 11.5 Å². The van der Waals surface area contributed by atoms with Gasteiger partial charge in [0.25, 0.3) is 5.91 Å². The van der Waals surface area contributed by atoms with Crippen LogP contribution in [0.3, 0.4) is 0 Å². The van der Waals surface area contributed by atoms with E-state index in [9.17, 15) is 9.59 Å². The number of nitrogens with zero attached hydrogens (tertiary/aromatic N) is 1. The highest BCUT2D eigenvalue weighted by Gasteiger charge is 2.31. The van der Waals surface area contributed by atoms with Crippen molar-refractivity contribution in [3.63, 3.8) is 0 Å². The van der Waals surface area contributed by atoms with Crippen molar-refractivity contribution >= 4 is 23.3 Å². The third-order valence-corrected chi connectivity index (χ3v) is 5.94. The molecule has 32 heavy (non-hydrogen) atoms. The van der Waals surface area contributed by atoms with E-state index in [2.05, 4.69) is 10.6 Å². The van der Waals surface area contributed by atoms with E-state index in [1.165, 1.54) is 6.42 Å². The van der Waals surface area contributed by atoms with Gasteiger partial charge in [-0.1, -0.05) is 31.4 Å². The zero-order chi connectivity index (χ0) is 22.5. The molecular formula is C25H31N3O4. The van der Waals surface area contributed by atoms with Crippen molar-refractivity contribution in [1.82, 2.24) is 5.32 Å². The fraction of sp³-hybridized carbons (Fsp3) is 0.440. The molecule has 7 heteroatoms. The lowest BCUT2D eigenvalue weighted by atomic mass is 9.96. The van der Waals surface area contributed by atoms with E-state index in [0.717, 1.165) is 37.0 Å². The lowest BCUT2D eigenvalue weighted by Crippen LogP contribution is -2.46. The molecule has 1 fully saturated rings. The standard InChI is InChI=1S/C25H31N3O4/c1-17-7-6-10-21(15-17)31-14-13-28-22-12-11-20(16-23(22)32-18(2)24(28)29)27-25(30)26-19-8-4-3-5-9-19/h6-7,10-12,15-16,18-19H,3-5,8-9,13-14H2,1-2H3,(H2,26,27,30). The number of aryl methyl sites for hydroxylation is 1. The Labute approximate surface area is 189 Å². The van der Waals surface area contributed by atoms with Crippen molar-refractivity contribution in [2.45, 2.75) is 58.1 Å². The van der Waals surface area contributed by atoms with E-state index in [4.69, 9.17) is 9.47 Å². The molecule has 0 saturated heterocycles. The molecule has 0 bridgehead atoms. The van der Waals surface area contributed by atoms with Gasteiger partial charge < -0.3 is 25.0 Å². The minimum Gasteiger partial charge on any atom is -0.492 e. The third-order valence-electron chi connectivity index (χ3n) is 5.94. The summed E-state index contributed by atoms with van der Waals surface area (Å²) in [6.07, 6.45) is 5.01. The minimum absolute atomic E-state index is 0.110.